The van der Waals surface area contributed by atoms with Crippen LogP contribution in [0.3, 0.4) is 0 Å². The van der Waals surface area contributed by atoms with E-state index in [1.54, 1.807) is 0 Å². The van der Waals surface area contributed by atoms with E-state index in [2.05, 4.69) is 0 Å². The molecule has 0 bridgehead atoms. The second kappa shape index (κ2) is 6.87. The van der Waals surface area contributed by atoms with Crippen LogP contribution >= 0.6 is 0 Å². The Morgan fingerprint density at radius 3 is 2.27 bits per heavy atom. The van der Waals surface area contributed by atoms with Gasteiger partial charge in [-0.1, -0.05) is 12.1 Å². The molecule has 3 aliphatic rings. The first-order valence-electron chi connectivity index (χ1n) is 10.1. The topological polar surface area (TPSA) is 202 Å². The van der Waals surface area contributed by atoms with E-state index >= 15 is 0 Å². The van der Waals surface area contributed by atoms with Crippen LogP contribution in [0.5, 0.6) is 5.75 Å². The van der Waals surface area contributed by atoms with E-state index < -0.39 is 81.1 Å². The molecular weight excluding hydrogens is 436 g/mol. The Morgan fingerprint density at radius 2 is 1.73 bits per heavy atom. The number of fused-ring (bicyclic) bond motifs is 3. The van der Waals surface area contributed by atoms with Crippen LogP contribution in [-0.2, 0) is 20.0 Å². The predicted molar refractivity (Wildman–Crippen MR) is 112 cm³/mol. The van der Waals surface area contributed by atoms with Gasteiger partial charge in [-0.3, -0.25) is 19.3 Å². The minimum atomic E-state index is -3.02. The molecule has 1 fully saturated rings. The van der Waals surface area contributed by atoms with Gasteiger partial charge in [0.25, 0.3) is 5.91 Å². The van der Waals surface area contributed by atoms with Gasteiger partial charge in [-0.2, -0.15) is 0 Å². The van der Waals surface area contributed by atoms with E-state index in [-0.39, 0.29) is 11.1 Å². The Kier molecular flexibility index (Phi) is 4.78. The second-order valence-electron chi connectivity index (χ2n) is 9.06. The summed E-state index contributed by atoms with van der Waals surface area (Å²) in [6.07, 6.45) is -1.87. The first-order chi connectivity index (χ1) is 15.2. The van der Waals surface area contributed by atoms with E-state index in [1.165, 1.54) is 44.1 Å². The lowest BCUT2D eigenvalue weighted by Crippen LogP contribution is -2.71. The molecule has 6 atom stereocenters. The van der Waals surface area contributed by atoms with Crippen LogP contribution in [0.2, 0.25) is 0 Å². The number of likely N-dealkylation sites (N-methyl/N-ethyl adjacent to an activating group) is 1. The van der Waals surface area contributed by atoms with Gasteiger partial charge in [-0.05, 0) is 32.6 Å². The molecule has 1 amide bonds. The number of rotatable bonds is 2. The van der Waals surface area contributed by atoms with Crippen LogP contribution in [0.4, 0.5) is 0 Å². The number of carbonyl (C=O) groups is 3. The van der Waals surface area contributed by atoms with Gasteiger partial charge in [-0.15, -0.1) is 0 Å². The number of benzene rings is 1. The maximum absolute atomic E-state index is 13.7. The number of phenolic OH excluding ortho intramolecular Hbond substituents is 1. The highest BCUT2D eigenvalue weighted by Gasteiger charge is 2.70. The molecule has 1 aromatic carbocycles. The zero-order valence-corrected chi connectivity index (χ0v) is 18.0. The lowest BCUT2D eigenvalue weighted by atomic mass is 9.53. The zero-order valence-electron chi connectivity index (χ0n) is 18.0. The highest BCUT2D eigenvalue weighted by molar-refractivity contribution is 6.24. The van der Waals surface area contributed by atoms with Crippen molar-refractivity contribution >= 4 is 23.2 Å². The van der Waals surface area contributed by atoms with E-state index in [9.17, 15) is 45.0 Å². The average Bonchev–Trinajstić information content (AvgIpc) is 2.70. The first-order valence-corrected chi connectivity index (χ1v) is 10.1. The van der Waals surface area contributed by atoms with Crippen LogP contribution in [-0.4, -0.2) is 84.9 Å². The third-order valence-electron chi connectivity index (χ3n) is 7.03. The standard InChI is InChI=1S/C22H24N2O9/c1-21(32)7-5-4-6-8(25)9(7)15(26)10-12(21)17(28)13-14(24(2)3)16(27)11(20(23)31)19(30)22(13,33)18(10)29/h4-6,12-14,17,25-26,28,30,32-33H,1-3H3,(H2,23,31)/t12?,13?,14?,17?,21-,22-/m0/s1. The van der Waals surface area contributed by atoms with Crippen LogP contribution < -0.4 is 5.73 Å². The summed E-state index contributed by atoms with van der Waals surface area (Å²) >= 11 is 0. The number of hydrogen-bond donors (Lipinski definition) is 7. The molecule has 0 saturated heterocycles. The van der Waals surface area contributed by atoms with Crippen molar-refractivity contribution in [3.63, 3.8) is 0 Å². The van der Waals surface area contributed by atoms with Crippen molar-refractivity contribution in [1.82, 2.24) is 4.90 Å². The fourth-order valence-electron chi connectivity index (χ4n) is 5.60. The number of primary amides is 1. The van der Waals surface area contributed by atoms with Gasteiger partial charge >= 0.3 is 0 Å². The molecule has 4 rings (SSSR count). The molecule has 0 aliphatic heterocycles. The summed E-state index contributed by atoms with van der Waals surface area (Å²) in [5.74, 6) is -9.67. The van der Waals surface area contributed by atoms with Gasteiger partial charge in [0.1, 0.15) is 22.8 Å². The SMILES string of the molecule is CN(C)C1C(=O)C(C(N)=O)=C(O)[C@@]2(O)C(=O)C3=C(O)c4c(O)cccc4[C@](C)(O)C3C(O)C12. The molecule has 11 nitrogen and oxygen atoms in total. The Morgan fingerprint density at radius 1 is 1.12 bits per heavy atom. The number of aliphatic hydroxyl groups is 5. The summed E-state index contributed by atoms with van der Waals surface area (Å²) in [6, 6.07) is 2.50. The molecule has 8 N–H and O–H groups in total. The van der Waals surface area contributed by atoms with Gasteiger partial charge < -0.3 is 36.4 Å². The Labute approximate surface area is 187 Å². The summed E-state index contributed by atoms with van der Waals surface area (Å²) in [7, 11) is 2.80. The van der Waals surface area contributed by atoms with E-state index in [1.807, 2.05) is 0 Å². The van der Waals surface area contributed by atoms with Gasteiger partial charge in [0, 0.05) is 0 Å². The largest absolute Gasteiger partial charge is 0.508 e. The predicted octanol–water partition coefficient (Wildman–Crippen LogP) is -1.40. The van der Waals surface area contributed by atoms with Gasteiger partial charge in [0.05, 0.1) is 40.7 Å². The van der Waals surface area contributed by atoms with Crippen LogP contribution in [0.15, 0.2) is 35.1 Å². The number of amides is 1. The molecule has 0 radical (unpaired) electrons. The number of nitrogens with zero attached hydrogens (tertiary/aromatic N) is 1. The molecule has 1 aromatic rings. The fourth-order valence-corrected chi connectivity index (χ4v) is 5.60. The number of phenols is 1. The summed E-state index contributed by atoms with van der Waals surface area (Å²) in [5.41, 5.74) is -1.78. The molecule has 0 spiro atoms. The van der Waals surface area contributed by atoms with Crippen LogP contribution in [0, 0.1) is 11.8 Å². The number of hydrogen-bond acceptors (Lipinski definition) is 10. The Balaban J connectivity index is 2.11. The van der Waals surface area contributed by atoms with Gasteiger partial charge in [0.2, 0.25) is 5.78 Å². The van der Waals surface area contributed by atoms with Crippen molar-refractivity contribution in [2.24, 2.45) is 17.6 Å². The summed E-state index contributed by atoms with van der Waals surface area (Å²) in [6.45, 7) is 1.25. The van der Waals surface area contributed by atoms with E-state index in [0.717, 1.165) is 0 Å². The monoisotopic (exact) mass is 460 g/mol. The average molecular weight is 460 g/mol. The minimum absolute atomic E-state index is 0.00664. The third-order valence-corrected chi connectivity index (χ3v) is 7.03. The third kappa shape index (κ3) is 2.61. The van der Waals surface area contributed by atoms with Gasteiger partial charge in [-0.25, -0.2) is 0 Å². The Bertz CT molecular complexity index is 1180. The van der Waals surface area contributed by atoms with Crippen molar-refractivity contribution < 1.29 is 45.0 Å². The highest BCUT2D eigenvalue weighted by atomic mass is 16.4. The van der Waals surface area contributed by atoms with E-state index in [0.29, 0.717) is 0 Å². The molecule has 0 heterocycles. The van der Waals surface area contributed by atoms with Crippen molar-refractivity contribution in [3.05, 3.63) is 46.2 Å². The highest BCUT2D eigenvalue weighted by Crippen LogP contribution is 2.57. The zero-order chi connectivity index (χ0) is 24.8. The fraction of sp³-hybridized carbons (Fsp3) is 0.409. The van der Waals surface area contributed by atoms with Crippen molar-refractivity contribution in [2.75, 3.05) is 14.1 Å². The Hall–Kier alpha value is -3.25. The van der Waals surface area contributed by atoms with Crippen molar-refractivity contribution in [3.8, 4) is 5.75 Å². The second-order valence-corrected chi connectivity index (χ2v) is 9.06. The number of carbonyl (C=O) groups excluding carboxylic acids is 3. The number of aliphatic hydroxyl groups excluding tert-OH is 3. The first kappa shape index (κ1) is 22.9. The lowest BCUT2D eigenvalue weighted by molar-refractivity contribution is -0.181. The summed E-state index contributed by atoms with van der Waals surface area (Å²) < 4.78 is 0. The smallest absolute Gasteiger partial charge is 0.255 e. The maximum Gasteiger partial charge on any atom is 0.255 e. The molecule has 3 aliphatic carbocycles. The van der Waals surface area contributed by atoms with E-state index in [4.69, 9.17) is 5.73 Å². The maximum atomic E-state index is 13.7. The number of nitrogens with two attached hydrogens (primary N) is 1. The molecule has 1 saturated carbocycles. The summed E-state index contributed by atoms with van der Waals surface area (Å²) in [5, 5.41) is 66.3. The number of aromatic hydroxyl groups is 1. The normalized spacial score (nSPS) is 36.0. The van der Waals surface area contributed by atoms with Crippen LogP contribution in [0.25, 0.3) is 5.76 Å². The number of Topliss-reactive ketones (excluding diaryl/α,β-unsaturated/α-hetero) is 2. The molecule has 11 heteroatoms. The molecule has 176 valence electrons. The minimum Gasteiger partial charge on any atom is -0.508 e. The molecule has 0 aromatic heterocycles. The quantitative estimate of drug-likeness (QED) is 0.257. The number of ketones is 2. The van der Waals surface area contributed by atoms with Crippen molar-refractivity contribution in [2.45, 2.75) is 30.3 Å². The van der Waals surface area contributed by atoms with Crippen LogP contribution in [0.1, 0.15) is 18.1 Å². The van der Waals surface area contributed by atoms with Gasteiger partial charge in [0.15, 0.2) is 11.4 Å². The molecular formula is C22H24N2O9. The molecule has 33 heavy (non-hydrogen) atoms. The molecule has 4 unspecified atom stereocenters. The van der Waals surface area contributed by atoms with Crippen molar-refractivity contribution in [1.29, 1.82) is 0 Å². The summed E-state index contributed by atoms with van der Waals surface area (Å²) in [4.78, 5) is 39.9. The lowest BCUT2D eigenvalue weighted by Gasteiger charge is -2.55.